The zero-order chi connectivity index (χ0) is 32.8. The average Bonchev–Trinajstić information content (AvgIpc) is 3.70. The number of carbonyl (C=O) groups excluding carboxylic acids is 3. The number of benzene rings is 1. The molecule has 0 radical (unpaired) electrons. The van der Waals surface area contributed by atoms with Crippen molar-refractivity contribution in [2.24, 2.45) is 5.92 Å². The predicted octanol–water partition coefficient (Wildman–Crippen LogP) is 6.49. The van der Waals surface area contributed by atoms with E-state index in [-0.39, 0.29) is 36.5 Å². The second kappa shape index (κ2) is 18.5. The van der Waals surface area contributed by atoms with Gasteiger partial charge in [0.15, 0.2) is 0 Å². The van der Waals surface area contributed by atoms with Crippen LogP contribution >= 0.6 is 22.7 Å². The van der Waals surface area contributed by atoms with Crippen molar-refractivity contribution in [2.75, 3.05) is 7.05 Å². The molecule has 0 aliphatic carbocycles. The Morgan fingerprint density at radius 1 is 0.956 bits per heavy atom. The van der Waals surface area contributed by atoms with Crippen LogP contribution in [0.3, 0.4) is 0 Å². The van der Waals surface area contributed by atoms with Crippen molar-refractivity contribution in [3.8, 4) is 0 Å². The molecule has 3 atom stereocenters. The molecule has 3 aromatic rings. The van der Waals surface area contributed by atoms with E-state index in [9.17, 15) is 14.4 Å². The molecule has 12 heteroatoms. The van der Waals surface area contributed by atoms with Gasteiger partial charge in [-0.15, -0.1) is 22.7 Å². The van der Waals surface area contributed by atoms with Crippen LogP contribution in [0.25, 0.3) is 0 Å². The standard InChI is InChI=1S/C33H48N6O4S2/c1-7-11-25(14-15-26(16-24-12-9-8-10-13-24)37-33(42)43-19-28-17-34-21-45-28)35-30(40)29(22(2)3)38-32(41)39(6)18-27-20-44-31(36-27)23(4)5/h8-10,12-13,17,20-23,25-26,29H,7,11,14-16,18-19H2,1-6H3,(H,35,40)(H,37,42)(H,38,41). The zero-order valence-electron chi connectivity index (χ0n) is 27.2. The number of amides is 4. The lowest BCUT2D eigenvalue weighted by Gasteiger charge is -2.28. The van der Waals surface area contributed by atoms with Gasteiger partial charge >= 0.3 is 12.1 Å². The summed E-state index contributed by atoms with van der Waals surface area (Å²) in [5.74, 6) is 0.00936. The van der Waals surface area contributed by atoms with E-state index < -0.39 is 12.1 Å². The van der Waals surface area contributed by atoms with E-state index in [0.717, 1.165) is 34.0 Å². The fourth-order valence-electron chi connectivity index (χ4n) is 4.87. The van der Waals surface area contributed by atoms with Crippen molar-refractivity contribution in [3.63, 3.8) is 0 Å². The van der Waals surface area contributed by atoms with Crippen molar-refractivity contribution >= 4 is 40.7 Å². The van der Waals surface area contributed by atoms with Crippen molar-refractivity contribution in [2.45, 2.75) is 104 Å². The summed E-state index contributed by atoms with van der Waals surface area (Å²) in [5, 5.41) is 12.2. The maximum atomic E-state index is 13.5. The molecule has 0 fully saturated rings. The molecule has 45 heavy (non-hydrogen) atoms. The molecular formula is C33H48N6O4S2. The highest BCUT2D eigenvalue weighted by molar-refractivity contribution is 7.09. The normalized spacial score (nSPS) is 13.2. The summed E-state index contributed by atoms with van der Waals surface area (Å²) in [6.45, 7) is 10.6. The Morgan fingerprint density at radius 3 is 2.31 bits per heavy atom. The van der Waals surface area contributed by atoms with E-state index in [1.807, 2.05) is 49.6 Å². The van der Waals surface area contributed by atoms with Crippen LogP contribution in [-0.2, 0) is 29.1 Å². The Labute approximate surface area is 275 Å². The van der Waals surface area contributed by atoms with Crippen LogP contribution in [0.1, 0.15) is 87.4 Å². The van der Waals surface area contributed by atoms with Gasteiger partial charge < -0.3 is 25.6 Å². The molecule has 0 aliphatic rings. The highest BCUT2D eigenvalue weighted by atomic mass is 32.1. The van der Waals surface area contributed by atoms with Gasteiger partial charge in [-0.05, 0) is 37.2 Å². The smallest absolute Gasteiger partial charge is 0.407 e. The number of urea groups is 1. The molecule has 0 bridgehead atoms. The fraction of sp³-hybridized carbons (Fsp3) is 0.545. The van der Waals surface area contributed by atoms with Gasteiger partial charge in [-0.2, -0.15) is 0 Å². The van der Waals surface area contributed by atoms with E-state index >= 15 is 0 Å². The van der Waals surface area contributed by atoms with Crippen LogP contribution in [0.4, 0.5) is 9.59 Å². The summed E-state index contributed by atoms with van der Waals surface area (Å²) in [6.07, 6.45) is 4.80. The Hall–Kier alpha value is -3.51. The molecule has 2 aromatic heterocycles. The number of ether oxygens (including phenoxy) is 1. The first-order chi connectivity index (χ1) is 21.5. The van der Waals surface area contributed by atoms with Crippen LogP contribution in [-0.4, -0.2) is 58.1 Å². The SMILES string of the molecule is CCCC(CCC(Cc1ccccc1)NC(=O)OCc1cncs1)NC(=O)C(NC(=O)N(C)Cc1csc(C(C)C)n1)C(C)C. The maximum absolute atomic E-state index is 13.5. The molecule has 4 amide bonds. The number of aromatic nitrogens is 2. The maximum Gasteiger partial charge on any atom is 0.407 e. The molecule has 0 saturated carbocycles. The largest absolute Gasteiger partial charge is 0.444 e. The van der Waals surface area contributed by atoms with Gasteiger partial charge in [-0.3, -0.25) is 9.78 Å². The Balaban J connectivity index is 1.59. The third-order valence-corrected chi connectivity index (χ3v) is 9.31. The lowest BCUT2D eigenvalue weighted by atomic mass is 9.96. The minimum atomic E-state index is -0.694. The molecule has 2 heterocycles. The van der Waals surface area contributed by atoms with Gasteiger partial charge in [-0.25, -0.2) is 14.6 Å². The minimum absolute atomic E-state index is 0.114. The molecule has 3 rings (SSSR count). The molecule has 0 aliphatic heterocycles. The van der Waals surface area contributed by atoms with Gasteiger partial charge in [-0.1, -0.05) is 71.4 Å². The Bertz CT molecular complexity index is 1320. The summed E-state index contributed by atoms with van der Waals surface area (Å²) in [6, 6.07) is 8.68. The number of hydrogen-bond acceptors (Lipinski definition) is 8. The Morgan fingerprint density at radius 2 is 1.69 bits per heavy atom. The average molecular weight is 657 g/mol. The molecule has 0 saturated heterocycles. The first-order valence-corrected chi connectivity index (χ1v) is 17.4. The zero-order valence-corrected chi connectivity index (χ0v) is 28.9. The molecule has 3 unspecified atom stereocenters. The lowest BCUT2D eigenvalue weighted by Crippen LogP contribution is -2.54. The molecule has 0 spiro atoms. The summed E-state index contributed by atoms with van der Waals surface area (Å²) >= 11 is 3.03. The van der Waals surface area contributed by atoms with Crippen LogP contribution in [0, 0.1) is 5.92 Å². The molecule has 1 aromatic carbocycles. The summed E-state index contributed by atoms with van der Waals surface area (Å²) in [4.78, 5) is 50.4. The quantitative estimate of drug-likeness (QED) is 0.153. The van der Waals surface area contributed by atoms with Crippen molar-refractivity contribution in [1.29, 1.82) is 0 Å². The number of alkyl carbamates (subject to hydrolysis) is 1. The molecule has 246 valence electrons. The second-order valence-electron chi connectivity index (χ2n) is 12.0. The van der Waals surface area contributed by atoms with Crippen LogP contribution in [0.2, 0.25) is 0 Å². The summed E-state index contributed by atoms with van der Waals surface area (Å²) < 4.78 is 5.44. The highest BCUT2D eigenvalue weighted by Crippen LogP contribution is 2.20. The van der Waals surface area contributed by atoms with Crippen molar-refractivity contribution in [1.82, 2.24) is 30.8 Å². The molecular weight excluding hydrogens is 609 g/mol. The number of hydrogen-bond donors (Lipinski definition) is 3. The van der Waals surface area contributed by atoms with E-state index in [1.54, 1.807) is 35.0 Å². The van der Waals surface area contributed by atoms with E-state index in [2.05, 4.69) is 46.7 Å². The van der Waals surface area contributed by atoms with Crippen LogP contribution in [0.15, 0.2) is 47.4 Å². The van der Waals surface area contributed by atoms with E-state index in [4.69, 9.17) is 4.74 Å². The molecule has 10 nitrogen and oxygen atoms in total. The number of carbonyl (C=O) groups is 3. The monoisotopic (exact) mass is 656 g/mol. The lowest BCUT2D eigenvalue weighted by molar-refractivity contribution is -0.124. The van der Waals surface area contributed by atoms with Gasteiger partial charge in [0.25, 0.3) is 0 Å². The van der Waals surface area contributed by atoms with E-state index in [1.165, 1.54) is 11.3 Å². The topological polar surface area (TPSA) is 126 Å². The van der Waals surface area contributed by atoms with Crippen LogP contribution in [0.5, 0.6) is 0 Å². The van der Waals surface area contributed by atoms with E-state index in [0.29, 0.717) is 31.7 Å². The van der Waals surface area contributed by atoms with Crippen LogP contribution < -0.4 is 16.0 Å². The second-order valence-corrected chi connectivity index (χ2v) is 13.9. The van der Waals surface area contributed by atoms with Gasteiger partial charge in [0.2, 0.25) is 5.91 Å². The number of nitrogens with one attached hydrogen (secondary N) is 3. The summed E-state index contributed by atoms with van der Waals surface area (Å²) in [7, 11) is 1.71. The third-order valence-electron chi connectivity index (χ3n) is 7.36. The minimum Gasteiger partial charge on any atom is -0.444 e. The molecule has 3 N–H and O–H groups in total. The van der Waals surface area contributed by atoms with Gasteiger partial charge in [0.05, 0.1) is 27.6 Å². The van der Waals surface area contributed by atoms with Gasteiger partial charge in [0.1, 0.15) is 12.6 Å². The first kappa shape index (κ1) is 36.0. The third kappa shape index (κ3) is 12.4. The number of thiazole rings is 2. The number of nitrogens with zero attached hydrogens (tertiary/aromatic N) is 3. The summed E-state index contributed by atoms with van der Waals surface area (Å²) in [5.41, 5.74) is 3.64. The predicted molar refractivity (Wildman–Crippen MR) is 180 cm³/mol. The fourth-order valence-corrected chi connectivity index (χ4v) is 6.20. The Kier molecular flexibility index (Phi) is 14.8. The van der Waals surface area contributed by atoms with Crippen molar-refractivity contribution in [3.05, 3.63) is 68.6 Å². The first-order valence-electron chi connectivity index (χ1n) is 15.7. The highest BCUT2D eigenvalue weighted by Gasteiger charge is 2.28. The number of rotatable bonds is 17. The van der Waals surface area contributed by atoms with Gasteiger partial charge in [0, 0.05) is 36.6 Å². The van der Waals surface area contributed by atoms with Crippen molar-refractivity contribution < 1.29 is 19.1 Å².